The summed E-state index contributed by atoms with van der Waals surface area (Å²) in [5, 5.41) is 12.2. The third-order valence-corrected chi connectivity index (χ3v) is 10.6. The number of fused-ring (bicyclic) bond motifs is 1. The molecule has 0 amide bonds. The van der Waals surface area contributed by atoms with Crippen molar-refractivity contribution in [3.05, 3.63) is 168 Å². The quantitative estimate of drug-likeness (QED) is 0.185. The Morgan fingerprint density at radius 3 is 1.98 bits per heavy atom. The third-order valence-electron chi connectivity index (χ3n) is 10.6. The minimum atomic E-state index is -0.487. The van der Waals surface area contributed by atoms with E-state index in [0.717, 1.165) is 44.6 Å². The van der Waals surface area contributed by atoms with Crippen LogP contribution in [0.1, 0.15) is 70.7 Å². The summed E-state index contributed by atoms with van der Waals surface area (Å²) in [5.74, 6) is 0.284. The molecule has 4 heteroatoms. The van der Waals surface area contributed by atoms with Gasteiger partial charge in [-0.15, -0.1) is 0 Å². The number of benzene rings is 6. The second-order valence-corrected chi connectivity index (χ2v) is 16.7. The molecule has 56 heavy (non-hydrogen) atoms. The molecule has 8 aromatic rings. The molecule has 0 radical (unpaired) electrons. The lowest BCUT2D eigenvalue weighted by Gasteiger charge is -2.27. The molecule has 278 valence electrons. The van der Waals surface area contributed by atoms with Crippen molar-refractivity contribution < 1.29 is 12.0 Å². The number of nitrogens with zero attached hydrogens (tertiary/aromatic N) is 3. The first-order valence-corrected chi connectivity index (χ1v) is 19.1. The number of rotatable bonds is 6. The molecular weight excluding hydrogens is 683 g/mol. The summed E-state index contributed by atoms with van der Waals surface area (Å²) in [6.45, 7) is 16.7. The molecule has 0 unspecified atom stereocenters. The first-order valence-electron chi connectivity index (χ1n) is 21.6. The minimum Gasteiger partial charge on any atom is -0.507 e. The fourth-order valence-corrected chi connectivity index (χ4v) is 7.65. The van der Waals surface area contributed by atoms with Crippen LogP contribution in [0, 0.1) is 13.8 Å². The van der Waals surface area contributed by atoms with E-state index in [1.54, 1.807) is 4.57 Å². The largest absolute Gasteiger partial charge is 0.507 e. The van der Waals surface area contributed by atoms with E-state index in [-0.39, 0.29) is 34.8 Å². The lowest BCUT2D eigenvalue weighted by Crippen LogP contribution is -2.17. The molecule has 0 atom stereocenters. The van der Waals surface area contributed by atoms with Crippen LogP contribution in [-0.4, -0.2) is 19.6 Å². The Hall–Kier alpha value is -6.26. The van der Waals surface area contributed by atoms with Crippen LogP contribution in [0.5, 0.6) is 5.75 Å². The van der Waals surface area contributed by atoms with Crippen LogP contribution < -0.4 is 0 Å². The number of hydrogen-bond acceptors (Lipinski definition) is 3. The van der Waals surface area contributed by atoms with Crippen molar-refractivity contribution in [1.29, 1.82) is 0 Å². The number of aromatic nitrogens is 3. The van der Waals surface area contributed by atoms with Crippen molar-refractivity contribution in [2.24, 2.45) is 0 Å². The standard InChI is InChI=1S/C52H49N3O/c1-33-17-15-18-34(2)47(33)36-25-26-53-45(30-36)39-28-37(35-19-11-9-12-20-35)27-38(29-39)42-23-16-24-46-48(42)54-50(55(46)41-21-13-10-14-22-41)43-31-40(51(3,4)5)32-44(49(43)56)52(6,7)8/h9-32,56H,1-8H3/i10D,13D,14D,21D,22D. The van der Waals surface area contributed by atoms with Crippen LogP contribution in [0.15, 0.2) is 146 Å². The van der Waals surface area contributed by atoms with E-state index in [4.69, 9.17) is 16.8 Å². The Morgan fingerprint density at radius 1 is 0.607 bits per heavy atom. The van der Waals surface area contributed by atoms with E-state index in [1.165, 1.54) is 16.7 Å². The minimum absolute atomic E-state index is 0.0224. The van der Waals surface area contributed by atoms with Crippen LogP contribution >= 0.6 is 0 Å². The van der Waals surface area contributed by atoms with Crippen LogP contribution in [-0.2, 0) is 10.8 Å². The normalized spacial score (nSPS) is 13.2. The molecule has 0 aliphatic heterocycles. The van der Waals surface area contributed by atoms with Crippen LogP contribution in [0.3, 0.4) is 0 Å². The number of hydrogen-bond donors (Lipinski definition) is 1. The molecule has 0 aliphatic carbocycles. The molecular formula is C52H49N3O. The van der Waals surface area contributed by atoms with Gasteiger partial charge in [-0.05, 0) is 124 Å². The SMILES string of the molecule is [2H]c1c([2H])c([2H])c(-n2c(-c3cc(C(C)(C)C)cc(C(C)(C)C)c3O)nc3c(-c4cc(-c5ccccc5)cc(-c5cc(-c6c(C)cccc6C)ccn5)c4)cccc32)c([2H])c1[2H]. The highest BCUT2D eigenvalue weighted by Gasteiger charge is 2.28. The Labute approximate surface area is 338 Å². The number of para-hydroxylation sites is 2. The first-order chi connectivity index (χ1) is 28.8. The van der Waals surface area contributed by atoms with E-state index in [0.29, 0.717) is 22.2 Å². The monoisotopic (exact) mass is 736 g/mol. The highest BCUT2D eigenvalue weighted by molar-refractivity contribution is 5.97. The number of phenols is 1. The van der Waals surface area contributed by atoms with Crippen LogP contribution in [0.2, 0.25) is 0 Å². The molecule has 8 rings (SSSR count). The molecule has 0 spiro atoms. The summed E-state index contributed by atoms with van der Waals surface area (Å²) in [7, 11) is 0. The zero-order valence-electron chi connectivity index (χ0n) is 38.3. The Balaban J connectivity index is 1.46. The summed E-state index contributed by atoms with van der Waals surface area (Å²) in [6, 6.07) is 34.6. The molecule has 0 bridgehead atoms. The Morgan fingerprint density at radius 2 is 1.29 bits per heavy atom. The number of aryl methyl sites for hydroxylation is 2. The number of aromatic hydroxyl groups is 1. The van der Waals surface area contributed by atoms with Gasteiger partial charge in [0.25, 0.3) is 0 Å². The zero-order chi connectivity index (χ0) is 43.7. The van der Waals surface area contributed by atoms with Crippen LogP contribution in [0.4, 0.5) is 0 Å². The summed E-state index contributed by atoms with van der Waals surface area (Å²) in [6.07, 6.45) is 1.85. The fourth-order valence-electron chi connectivity index (χ4n) is 7.65. The van der Waals surface area contributed by atoms with Crippen molar-refractivity contribution >= 4 is 11.0 Å². The highest BCUT2D eigenvalue weighted by Crippen LogP contribution is 2.45. The van der Waals surface area contributed by atoms with E-state index in [2.05, 4.69) is 89.2 Å². The zero-order valence-corrected chi connectivity index (χ0v) is 33.3. The molecule has 2 aromatic heterocycles. The summed E-state index contributed by atoms with van der Waals surface area (Å²) >= 11 is 0. The first kappa shape index (κ1) is 31.0. The number of pyridine rings is 1. The average Bonchev–Trinajstić information content (AvgIpc) is 3.60. The van der Waals surface area contributed by atoms with Crippen molar-refractivity contribution in [2.45, 2.75) is 66.2 Å². The molecule has 0 saturated heterocycles. The van der Waals surface area contributed by atoms with Gasteiger partial charge < -0.3 is 5.11 Å². The van der Waals surface area contributed by atoms with Crippen LogP contribution in [0.25, 0.3) is 72.7 Å². The molecule has 0 saturated carbocycles. The second kappa shape index (κ2) is 14.1. The topological polar surface area (TPSA) is 50.9 Å². The Kier molecular flexibility index (Phi) is 7.81. The second-order valence-electron chi connectivity index (χ2n) is 16.7. The van der Waals surface area contributed by atoms with Crippen molar-refractivity contribution in [3.8, 4) is 67.5 Å². The van der Waals surface area contributed by atoms with Gasteiger partial charge in [0.15, 0.2) is 0 Å². The van der Waals surface area contributed by atoms with Gasteiger partial charge in [0.2, 0.25) is 0 Å². The summed E-state index contributed by atoms with van der Waals surface area (Å²) in [5.41, 5.74) is 12.2. The van der Waals surface area contributed by atoms with Crippen molar-refractivity contribution in [3.63, 3.8) is 0 Å². The van der Waals surface area contributed by atoms with Gasteiger partial charge in [-0.2, -0.15) is 0 Å². The lowest BCUT2D eigenvalue weighted by molar-refractivity contribution is 0.446. The van der Waals surface area contributed by atoms with Crippen molar-refractivity contribution in [2.75, 3.05) is 0 Å². The molecule has 0 fully saturated rings. The number of phenolic OH excluding ortho intramolecular Hbond substituents is 1. The van der Waals surface area contributed by atoms with E-state index in [9.17, 15) is 5.11 Å². The van der Waals surface area contributed by atoms with Gasteiger partial charge in [-0.3, -0.25) is 9.55 Å². The maximum Gasteiger partial charge on any atom is 0.149 e. The van der Waals surface area contributed by atoms with Gasteiger partial charge in [0.05, 0.1) is 29.1 Å². The van der Waals surface area contributed by atoms with Gasteiger partial charge >= 0.3 is 0 Å². The third kappa shape index (κ3) is 6.81. The van der Waals surface area contributed by atoms with Gasteiger partial charge in [-0.25, -0.2) is 4.98 Å². The molecule has 1 N–H and O–H groups in total. The summed E-state index contributed by atoms with van der Waals surface area (Å²) < 4.78 is 45.7. The molecule has 4 nitrogen and oxygen atoms in total. The smallest absolute Gasteiger partial charge is 0.149 e. The van der Waals surface area contributed by atoms with E-state index in [1.807, 2.05) is 81.6 Å². The Bertz CT molecular complexity index is 2980. The highest BCUT2D eigenvalue weighted by atomic mass is 16.3. The maximum absolute atomic E-state index is 12.2. The molecule has 0 aliphatic rings. The molecule has 6 aromatic carbocycles. The predicted molar refractivity (Wildman–Crippen MR) is 235 cm³/mol. The average molecular weight is 737 g/mol. The van der Waals surface area contributed by atoms with E-state index < -0.39 is 23.5 Å². The van der Waals surface area contributed by atoms with Gasteiger partial charge in [0, 0.05) is 28.6 Å². The van der Waals surface area contributed by atoms with E-state index >= 15 is 0 Å². The lowest BCUT2D eigenvalue weighted by atomic mass is 9.79. The predicted octanol–water partition coefficient (Wildman–Crippen LogP) is 13.7. The molecule has 2 heterocycles. The fraction of sp³-hybridized carbons (Fsp3) is 0.192. The van der Waals surface area contributed by atoms with Crippen molar-refractivity contribution in [1.82, 2.24) is 14.5 Å². The van der Waals surface area contributed by atoms with Gasteiger partial charge in [-0.1, -0.05) is 126 Å². The number of imidazole rings is 1. The maximum atomic E-state index is 12.2. The van der Waals surface area contributed by atoms with Gasteiger partial charge in [0.1, 0.15) is 11.6 Å². The summed E-state index contributed by atoms with van der Waals surface area (Å²) in [4.78, 5) is 10.2.